The SMILES string of the molecule is CCc1c2[nH]c3c4[nH]c(c(CC)c4c4ccccc4c13)C(=O)OCCCC1(C)c3ccc([nH]3)C(C)(C)c3ccc([nH]3)C(C)(CCCOC2=O)c2ccc([nH]2)C(C)(C)c2ccc1[nH]2.CO.[Cs+].[F-]. The summed E-state index contributed by atoms with van der Waals surface area (Å²) in [6, 6.07) is 26.0. The molecular formula is C53H62CsFN6O5. The zero-order valence-electron chi connectivity index (χ0n) is 40.0. The molecule has 0 atom stereocenters. The van der Waals surface area contributed by atoms with Gasteiger partial charge in [-0.3, -0.25) is 0 Å². The van der Waals surface area contributed by atoms with E-state index in [0.717, 1.165) is 109 Å². The largest absolute Gasteiger partial charge is 1.00 e. The number of aliphatic hydroxyl groups excluding tert-OH is 1. The fourth-order valence-corrected chi connectivity index (χ4v) is 10.8. The van der Waals surface area contributed by atoms with Crippen molar-refractivity contribution in [3.8, 4) is 0 Å². The number of hydrogen-bond acceptors (Lipinski definition) is 5. The minimum Gasteiger partial charge on any atom is -1.00 e. The van der Waals surface area contributed by atoms with Crippen LogP contribution in [0.15, 0.2) is 72.8 Å². The third-order valence-electron chi connectivity index (χ3n) is 15.0. The number of ether oxygens (including phenoxy) is 2. The first-order chi connectivity index (χ1) is 30.7. The molecule has 0 saturated carbocycles. The van der Waals surface area contributed by atoms with E-state index < -0.39 is 10.8 Å². The van der Waals surface area contributed by atoms with Crippen LogP contribution in [0, 0.1) is 0 Å². The first-order valence-electron chi connectivity index (χ1n) is 22.9. The molecule has 3 aliphatic rings. The summed E-state index contributed by atoms with van der Waals surface area (Å²) >= 11 is 0. The number of halogens is 1. The van der Waals surface area contributed by atoms with Crippen LogP contribution in [0.25, 0.3) is 32.6 Å². The number of esters is 2. The number of aromatic nitrogens is 6. The van der Waals surface area contributed by atoms with E-state index in [1.165, 1.54) is 0 Å². The summed E-state index contributed by atoms with van der Waals surface area (Å²) in [5.41, 5.74) is 11.4. The Balaban J connectivity index is 0.00000160. The second-order valence-electron chi connectivity index (χ2n) is 19.2. The molecule has 11 rings (SSSR count). The van der Waals surface area contributed by atoms with Gasteiger partial charge in [0.05, 0.1) is 24.2 Å². The van der Waals surface area contributed by atoms with Crippen LogP contribution in [-0.2, 0) is 44.0 Å². The Kier molecular flexibility index (Phi) is 14.1. The van der Waals surface area contributed by atoms with Crippen molar-refractivity contribution in [2.24, 2.45) is 0 Å². The van der Waals surface area contributed by atoms with Crippen LogP contribution in [0.2, 0.25) is 0 Å². The maximum atomic E-state index is 14.2. The van der Waals surface area contributed by atoms with E-state index in [1.54, 1.807) is 0 Å². The third-order valence-corrected chi connectivity index (χ3v) is 15.0. The monoisotopic (exact) mass is 1010 g/mol. The van der Waals surface area contributed by atoms with Crippen molar-refractivity contribution in [1.29, 1.82) is 0 Å². The molecule has 14 bridgehead atoms. The molecule has 11 nitrogen and oxygen atoms in total. The summed E-state index contributed by atoms with van der Waals surface area (Å²) in [5.74, 6) is -0.768. The van der Waals surface area contributed by atoms with Crippen LogP contribution in [-0.4, -0.2) is 67.3 Å². The second kappa shape index (κ2) is 18.7. The van der Waals surface area contributed by atoms with E-state index in [9.17, 15) is 9.59 Å². The number of hydrogen-bond donors (Lipinski definition) is 7. The van der Waals surface area contributed by atoms with Crippen molar-refractivity contribution in [2.75, 3.05) is 20.3 Å². The molecule has 0 amide bonds. The molecule has 66 heavy (non-hydrogen) atoms. The van der Waals surface area contributed by atoms with Gasteiger partial charge in [-0.2, -0.15) is 0 Å². The summed E-state index contributed by atoms with van der Waals surface area (Å²) in [5, 5.41) is 11.0. The molecule has 0 radical (unpaired) electrons. The van der Waals surface area contributed by atoms with Crippen LogP contribution in [0.5, 0.6) is 0 Å². The smallest absolute Gasteiger partial charge is 1.00 e. The number of aryl methyl sites for hydroxylation is 2. The second-order valence-corrected chi connectivity index (χ2v) is 19.2. The molecule has 13 heteroatoms. The van der Waals surface area contributed by atoms with E-state index in [2.05, 4.69) is 146 Å². The van der Waals surface area contributed by atoms with Gasteiger partial charge in [0.2, 0.25) is 0 Å². The average molecular weight is 1020 g/mol. The minimum absolute atomic E-state index is 0. The predicted molar refractivity (Wildman–Crippen MR) is 254 cm³/mol. The molecule has 342 valence electrons. The number of H-pyrrole nitrogens is 6. The molecule has 8 aromatic rings. The quantitative estimate of drug-likeness (QED) is 0.121. The van der Waals surface area contributed by atoms with Gasteiger partial charge in [0.15, 0.2) is 0 Å². The number of nitrogens with one attached hydrogen (secondary N) is 6. The molecule has 0 fully saturated rings. The maximum absolute atomic E-state index is 14.2. The Hall–Kier alpha value is -4.22. The van der Waals surface area contributed by atoms with Crippen molar-refractivity contribution >= 4 is 44.5 Å². The third kappa shape index (κ3) is 7.80. The van der Waals surface area contributed by atoms with Crippen LogP contribution in [0.1, 0.15) is 159 Å². The molecule has 0 aliphatic carbocycles. The van der Waals surface area contributed by atoms with Gasteiger partial charge in [0, 0.05) is 85.1 Å². The summed E-state index contributed by atoms with van der Waals surface area (Å²) in [6.07, 6.45) is 3.95. The summed E-state index contributed by atoms with van der Waals surface area (Å²) in [4.78, 5) is 51.1. The number of benzene rings is 2. The van der Waals surface area contributed by atoms with Gasteiger partial charge in [0.25, 0.3) is 0 Å². The number of rotatable bonds is 2. The van der Waals surface area contributed by atoms with E-state index in [4.69, 9.17) is 14.6 Å². The van der Waals surface area contributed by atoms with Crippen molar-refractivity contribution in [2.45, 2.75) is 116 Å². The molecule has 7 N–H and O–H groups in total. The fourth-order valence-electron chi connectivity index (χ4n) is 10.8. The van der Waals surface area contributed by atoms with E-state index in [-0.39, 0.29) is 110 Å². The summed E-state index contributed by atoms with van der Waals surface area (Å²) in [7, 11) is 1.00. The average Bonchev–Trinajstić information content (AvgIpc) is 4.15. The molecule has 9 heterocycles. The van der Waals surface area contributed by atoms with Crippen molar-refractivity contribution in [3.63, 3.8) is 0 Å². The maximum Gasteiger partial charge on any atom is 1.00 e. The van der Waals surface area contributed by atoms with E-state index in [1.807, 2.05) is 12.1 Å². The van der Waals surface area contributed by atoms with Crippen molar-refractivity contribution < 1.29 is 97.8 Å². The van der Waals surface area contributed by atoms with Gasteiger partial charge >= 0.3 is 80.8 Å². The number of fused-ring (bicyclic) bond motifs is 11. The normalized spacial score (nSPS) is 20.5. The van der Waals surface area contributed by atoms with Crippen LogP contribution >= 0.6 is 0 Å². The van der Waals surface area contributed by atoms with Gasteiger partial charge in [-0.25, -0.2) is 9.59 Å². The van der Waals surface area contributed by atoms with Crippen molar-refractivity contribution in [1.82, 2.24) is 29.9 Å². The molecule has 0 saturated heterocycles. The molecule has 0 unspecified atom stereocenters. The van der Waals surface area contributed by atoms with Gasteiger partial charge in [0.1, 0.15) is 11.4 Å². The Morgan fingerprint density at radius 3 is 1.11 bits per heavy atom. The number of carbonyl (C=O) groups excluding carboxylic acids is 2. The topological polar surface area (TPSA) is 168 Å². The number of carbonyl (C=O) groups is 2. The number of aromatic amines is 6. The minimum atomic E-state index is -0.458. The molecule has 3 aliphatic heterocycles. The first-order valence-corrected chi connectivity index (χ1v) is 22.9. The predicted octanol–water partition coefficient (Wildman–Crippen LogP) is 5.02. The van der Waals surface area contributed by atoms with Gasteiger partial charge in [-0.1, -0.05) is 38.1 Å². The Morgan fingerprint density at radius 2 is 0.803 bits per heavy atom. The molecule has 2 aromatic carbocycles. The van der Waals surface area contributed by atoms with E-state index in [0.29, 0.717) is 37.1 Å². The first kappa shape index (κ1) is 49.7. The van der Waals surface area contributed by atoms with Crippen molar-refractivity contribution in [3.05, 3.63) is 141 Å². The van der Waals surface area contributed by atoms with Gasteiger partial charge in [-0.15, -0.1) is 0 Å². The van der Waals surface area contributed by atoms with E-state index >= 15 is 0 Å². The van der Waals surface area contributed by atoms with Crippen LogP contribution in [0.4, 0.5) is 0 Å². The standard InChI is InChI=1S/C52H58N6O4.CH4O.Cs.FH/c1-9-29-41-31-15-11-12-16-32(31)42-30(10-2)44-48(60)62-28-14-26-52(8)39-23-19-35(55-39)49(3,4)33-17-21-37(53-33)51(7,25-13-27-61-47(59)43(29)57-45(41)46(42)58-44)38-22-18-34(54-38)50(5,6)36-20-24-40(52)56-36;1-2;;/h11-12,15-24,53-58H,9-10,13-14,25-28H2,1-8H3;2H,1H3;;1H/q;;+1;/p-1. The summed E-state index contributed by atoms with van der Waals surface area (Å²) in [6.45, 7) is 18.2. The Labute approximate surface area is 444 Å². The zero-order chi connectivity index (χ0) is 45.3. The number of aliphatic hydroxyl groups is 1. The zero-order valence-corrected chi connectivity index (χ0v) is 46.3. The molecule has 6 aromatic heterocycles. The van der Waals surface area contributed by atoms with Crippen LogP contribution < -0.4 is 73.6 Å². The van der Waals surface area contributed by atoms with Gasteiger partial charge in [-0.05, 0) is 150 Å². The summed E-state index contributed by atoms with van der Waals surface area (Å²) < 4.78 is 12.4. The van der Waals surface area contributed by atoms with Crippen LogP contribution in [0.3, 0.4) is 0 Å². The molecule has 0 spiro atoms. The molecular weight excluding hydrogens is 953 g/mol. The Bertz CT molecular complexity index is 2770. The Morgan fingerprint density at radius 1 is 0.500 bits per heavy atom. The van der Waals surface area contributed by atoms with Gasteiger partial charge < -0.3 is 49.2 Å². The fraction of sp³-hybridized carbons (Fsp3) is 0.396.